The Morgan fingerprint density at radius 3 is 2.70 bits per heavy atom. The molecule has 0 heterocycles. The Kier molecular flexibility index (Phi) is 5.65. The summed E-state index contributed by atoms with van der Waals surface area (Å²) in [4.78, 5) is 13.4. The van der Waals surface area contributed by atoms with Gasteiger partial charge in [-0.2, -0.15) is 0 Å². The highest BCUT2D eigenvalue weighted by atomic mass is 16.5. The number of anilines is 1. The number of hydrogen-bond acceptors (Lipinski definition) is 3. The lowest BCUT2D eigenvalue weighted by Gasteiger charge is -2.22. The topological polar surface area (TPSA) is 38.8 Å². The minimum absolute atomic E-state index is 0.133. The standard InChI is InChI=1S/C19H19NO3/c1-4-12-20(19(21)22-3)18-11-6-5-9-16(18)14-23-17-10-7-8-15(2)13-17/h1,5-11,13H,12,14H2,2-3H3. The molecule has 0 aliphatic heterocycles. The average molecular weight is 309 g/mol. The van der Waals surface area contributed by atoms with Gasteiger partial charge in [0.25, 0.3) is 0 Å². The number of rotatable bonds is 5. The number of methoxy groups -OCH3 is 1. The first-order valence-electron chi connectivity index (χ1n) is 7.22. The number of hydrogen-bond donors (Lipinski definition) is 0. The third-order valence-electron chi connectivity index (χ3n) is 3.31. The number of aryl methyl sites for hydroxylation is 1. The molecule has 0 bridgehead atoms. The number of carbonyl (C=O) groups excluding carboxylic acids is 1. The van der Waals surface area contributed by atoms with E-state index in [4.69, 9.17) is 15.9 Å². The van der Waals surface area contributed by atoms with Crippen molar-refractivity contribution < 1.29 is 14.3 Å². The van der Waals surface area contributed by atoms with Crippen molar-refractivity contribution in [3.63, 3.8) is 0 Å². The number of ether oxygens (including phenoxy) is 2. The van der Waals surface area contributed by atoms with Crippen LogP contribution < -0.4 is 9.64 Å². The van der Waals surface area contributed by atoms with Gasteiger partial charge in [-0.3, -0.25) is 4.90 Å². The normalized spacial score (nSPS) is 9.78. The van der Waals surface area contributed by atoms with Crippen LogP contribution in [0.5, 0.6) is 5.75 Å². The molecule has 0 fully saturated rings. The summed E-state index contributed by atoms with van der Waals surface area (Å²) in [5.74, 6) is 3.25. The van der Waals surface area contributed by atoms with Gasteiger partial charge >= 0.3 is 6.09 Å². The van der Waals surface area contributed by atoms with Gasteiger partial charge in [-0.15, -0.1) is 6.42 Å². The quantitative estimate of drug-likeness (QED) is 0.789. The van der Waals surface area contributed by atoms with Crippen molar-refractivity contribution in [1.29, 1.82) is 0 Å². The SMILES string of the molecule is C#CCN(C(=O)OC)c1ccccc1COc1cccc(C)c1. The molecule has 1 amide bonds. The number of benzene rings is 2. The summed E-state index contributed by atoms with van der Waals surface area (Å²) in [5, 5.41) is 0. The van der Waals surface area contributed by atoms with E-state index in [0.29, 0.717) is 12.3 Å². The van der Waals surface area contributed by atoms with Crippen molar-refractivity contribution in [3.8, 4) is 18.1 Å². The van der Waals surface area contributed by atoms with Crippen LogP contribution in [0.3, 0.4) is 0 Å². The van der Waals surface area contributed by atoms with E-state index in [1.165, 1.54) is 12.0 Å². The molecule has 2 aromatic carbocycles. The number of carbonyl (C=O) groups is 1. The first-order valence-corrected chi connectivity index (χ1v) is 7.22. The maximum Gasteiger partial charge on any atom is 0.414 e. The maximum absolute atomic E-state index is 11.9. The molecule has 2 rings (SSSR count). The molecular weight excluding hydrogens is 290 g/mol. The Balaban J connectivity index is 2.22. The zero-order valence-electron chi connectivity index (χ0n) is 13.3. The zero-order chi connectivity index (χ0) is 16.7. The van der Waals surface area contributed by atoms with Crippen LogP contribution in [0, 0.1) is 19.3 Å². The minimum atomic E-state index is -0.494. The van der Waals surface area contributed by atoms with Crippen molar-refractivity contribution in [2.24, 2.45) is 0 Å². The van der Waals surface area contributed by atoms with E-state index >= 15 is 0 Å². The molecule has 23 heavy (non-hydrogen) atoms. The monoisotopic (exact) mass is 309 g/mol. The highest BCUT2D eigenvalue weighted by Gasteiger charge is 2.18. The fraction of sp³-hybridized carbons (Fsp3) is 0.211. The van der Waals surface area contributed by atoms with E-state index in [1.54, 1.807) is 0 Å². The van der Waals surface area contributed by atoms with Gasteiger partial charge in [0.2, 0.25) is 0 Å². The zero-order valence-corrected chi connectivity index (χ0v) is 13.3. The van der Waals surface area contributed by atoms with Crippen molar-refractivity contribution in [2.45, 2.75) is 13.5 Å². The summed E-state index contributed by atoms with van der Waals surface area (Å²) < 4.78 is 10.6. The predicted octanol–water partition coefficient (Wildman–Crippen LogP) is 3.78. The smallest absolute Gasteiger partial charge is 0.414 e. The molecule has 0 unspecified atom stereocenters. The molecule has 118 valence electrons. The summed E-state index contributed by atoms with van der Waals surface area (Å²) >= 11 is 0. The third-order valence-corrected chi connectivity index (χ3v) is 3.31. The van der Waals surface area contributed by atoms with E-state index in [1.807, 2.05) is 55.5 Å². The Hall–Kier alpha value is -2.93. The van der Waals surface area contributed by atoms with Crippen molar-refractivity contribution in [3.05, 3.63) is 59.7 Å². The molecule has 0 spiro atoms. The highest BCUT2D eigenvalue weighted by Crippen LogP contribution is 2.23. The van der Waals surface area contributed by atoms with Crippen LogP contribution in [0.4, 0.5) is 10.5 Å². The van der Waals surface area contributed by atoms with E-state index in [2.05, 4.69) is 5.92 Å². The summed E-state index contributed by atoms with van der Waals surface area (Å²) in [5.41, 5.74) is 2.67. The van der Waals surface area contributed by atoms with Gasteiger partial charge in [0.1, 0.15) is 12.4 Å². The summed E-state index contributed by atoms with van der Waals surface area (Å²) in [7, 11) is 1.33. The maximum atomic E-state index is 11.9. The van der Waals surface area contributed by atoms with Gasteiger partial charge in [-0.05, 0) is 30.7 Å². The van der Waals surface area contributed by atoms with E-state index in [9.17, 15) is 4.79 Å². The number of para-hydroxylation sites is 1. The third kappa shape index (κ3) is 4.27. The fourth-order valence-corrected chi connectivity index (χ4v) is 2.21. The second-order valence-corrected chi connectivity index (χ2v) is 4.99. The molecule has 0 aliphatic carbocycles. The largest absolute Gasteiger partial charge is 0.489 e. The van der Waals surface area contributed by atoms with Crippen LogP contribution in [0.1, 0.15) is 11.1 Å². The van der Waals surface area contributed by atoms with Gasteiger partial charge in [0, 0.05) is 5.56 Å². The number of nitrogens with zero attached hydrogens (tertiary/aromatic N) is 1. The van der Waals surface area contributed by atoms with E-state index < -0.39 is 6.09 Å². The second-order valence-electron chi connectivity index (χ2n) is 4.99. The Morgan fingerprint density at radius 1 is 1.22 bits per heavy atom. The summed E-state index contributed by atoms with van der Waals surface area (Å²) in [6.07, 6.45) is 4.87. The molecule has 0 aliphatic rings. The molecule has 0 saturated heterocycles. The van der Waals surface area contributed by atoms with Crippen LogP contribution >= 0.6 is 0 Å². The fourth-order valence-electron chi connectivity index (χ4n) is 2.21. The molecule has 4 heteroatoms. The lowest BCUT2D eigenvalue weighted by atomic mass is 10.1. The Morgan fingerprint density at radius 2 is 2.00 bits per heavy atom. The molecule has 0 N–H and O–H groups in total. The van der Waals surface area contributed by atoms with E-state index in [-0.39, 0.29) is 6.54 Å². The lowest BCUT2D eigenvalue weighted by Crippen LogP contribution is -2.32. The number of amides is 1. The van der Waals surface area contributed by atoms with Gasteiger partial charge in [-0.1, -0.05) is 36.3 Å². The van der Waals surface area contributed by atoms with Gasteiger partial charge < -0.3 is 9.47 Å². The molecule has 0 aromatic heterocycles. The van der Waals surface area contributed by atoms with Crippen LogP contribution in [0.15, 0.2) is 48.5 Å². The predicted molar refractivity (Wildman–Crippen MR) is 90.5 cm³/mol. The van der Waals surface area contributed by atoms with Crippen LogP contribution in [-0.4, -0.2) is 19.7 Å². The minimum Gasteiger partial charge on any atom is -0.489 e. The molecule has 2 aromatic rings. The summed E-state index contributed by atoms with van der Waals surface area (Å²) in [6.45, 7) is 2.47. The second kappa shape index (κ2) is 7.90. The Labute approximate surface area is 136 Å². The highest BCUT2D eigenvalue weighted by molar-refractivity contribution is 5.89. The molecule has 4 nitrogen and oxygen atoms in total. The van der Waals surface area contributed by atoms with Crippen molar-refractivity contribution in [1.82, 2.24) is 0 Å². The average Bonchev–Trinajstić information content (AvgIpc) is 2.58. The first-order chi connectivity index (χ1) is 11.2. The molecule has 0 saturated carbocycles. The van der Waals surface area contributed by atoms with Gasteiger partial charge in [0.15, 0.2) is 0 Å². The van der Waals surface area contributed by atoms with Crippen LogP contribution in [-0.2, 0) is 11.3 Å². The van der Waals surface area contributed by atoms with E-state index in [0.717, 1.165) is 16.9 Å². The summed E-state index contributed by atoms with van der Waals surface area (Å²) in [6, 6.07) is 15.3. The van der Waals surface area contributed by atoms with Crippen LogP contribution in [0.25, 0.3) is 0 Å². The van der Waals surface area contributed by atoms with Crippen LogP contribution in [0.2, 0.25) is 0 Å². The molecule has 0 radical (unpaired) electrons. The molecule has 0 atom stereocenters. The number of terminal acetylenes is 1. The first kappa shape index (κ1) is 16.4. The van der Waals surface area contributed by atoms with Gasteiger partial charge in [0.05, 0.1) is 19.3 Å². The molecular formula is C19H19NO3. The lowest BCUT2D eigenvalue weighted by molar-refractivity contribution is 0.179. The van der Waals surface area contributed by atoms with Crippen molar-refractivity contribution in [2.75, 3.05) is 18.6 Å². The van der Waals surface area contributed by atoms with Gasteiger partial charge in [-0.25, -0.2) is 4.79 Å². The Bertz CT molecular complexity index is 719. The van der Waals surface area contributed by atoms with Crippen molar-refractivity contribution >= 4 is 11.8 Å².